The Labute approximate surface area is 159 Å². The van der Waals surface area contributed by atoms with Crippen LogP contribution in [0.25, 0.3) is 11.5 Å². The molecule has 2 aromatic rings. The van der Waals surface area contributed by atoms with Gasteiger partial charge in [0.1, 0.15) is 11.5 Å². The number of amides is 1. The van der Waals surface area contributed by atoms with Crippen molar-refractivity contribution in [2.45, 2.75) is 38.0 Å². The number of rotatable bonds is 4. The van der Waals surface area contributed by atoms with Gasteiger partial charge in [0.15, 0.2) is 5.69 Å². The van der Waals surface area contributed by atoms with Crippen LogP contribution in [-0.2, 0) is 4.74 Å². The number of hydrogen-bond donors (Lipinski definition) is 0. The number of benzene rings is 1. The summed E-state index contributed by atoms with van der Waals surface area (Å²) in [5, 5.41) is 0. The van der Waals surface area contributed by atoms with Gasteiger partial charge in [0.05, 0.1) is 20.3 Å². The maximum absolute atomic E-state index is 13.1. The summed E-state index contributed by atoms with van der Waals surface area (Å²) in [6.07, 6.45) is 5.72. The van der Waals surface area contributed by atoms with E-state index in [0.717, 1.165) is 29.9 Å². The van der Waals surface area contributed by atoms with E-state index in [1.807, 2.05) is 29.2 Å². The molecule has 0 spiro atoms. The summed E-state index contributed by atoms with van der Waals surface area (Å²) in [6, 6.07) is 7.59. The van der Waals surface area contributed by atoms with Crippen molar-refractivity contribution in [3.8, 4) is 17.2 Å². The molecule has 1 aliphatic heterocycles. The van der Waals surface area contributed by atoms with Crippen LogP contribution in [0.2, 0.25) is 0 Å². The first-order chi connectivity index (χ1) is 13.3. The zero-order valence-electron chi connectivity index (χ0n) is 15.8. The van der Waals surface area contributed by atoms with Crippen molar-refractivity contribution in [3.05, 3.63) is 35.7 Å². The molecule has 0 N–H and O–H groups in total. The lowest BCUT2D eigenvalue weighted by atomic mass is 9.86. The van der Waals surface area contributed by atoms with Crippen LogP contribution in [0.15, 0.2) is 28.7 Å². The number of carbonyl (C=O) groups is 1. The second-order valence-corrected chi connectivity index (χ2v) is 7.20. The van der Waals surface area contributed by atoms with Gasteiger partial charge in [-0.05, 0) is 37.1 Å². The van der Waals surface area contributed by atoms with Gasteiger partial charge in [0.25, 0.3) is 5.91 Å². The van der Waals surface area contributed by atoms with E-state index in [1.165, 1.54) is 19.3 Å². The minimum absolute atomic E-state index is 0.0395. The van der Waals surface area contributed by atoms with E-state index in [-0.39, 0.29) is 11.8 Å². The standard InChI is InChI=1S/C21H26N2O4/c1-25-17-9-7-16(8-10-17)20-22-18(21(24)23-11-13-26-14-12-23)19(27-20)15-5-3-2-4-6-15/h7-10,15H,2-6,11-14H2,1H3. The van der Waals surface area contributed by atoms with Crippen LogP contribution in [-0.4, -0.2) is 49.2 Å². The molecule has 0 atom stereocenters. The van der Waals surface area contributed by atoms with E-state index in [1.54, 1.807) is 7.11 Å². The van der Waals surface area contributed by atoms with E-state index in [4.69, 9.17) is 13.9 Å². The van der Waals surface area contributed by atoms with Gasteiger partial charge in [-0.3, -0.25) is 4.79 Å². The average molecular weight is 370 g/mol. The summed E-state index contributed by atoms with van der Waals surface area (Å²) >= 11 is 0. The molecule has 2 aliphatic rings. The van der Waals surface area contributed by atoms with Gasteiger partial charge in [0, 0.05) is 24.6 Å². The van der Waals surface area contributed by atoms with E-state index in [9.17, 15) is 4.79 Å². The quantitative estimate of drug-likeness (QED) is 0.817. The zero-order chi connectivity index (χ0) is 18.6. The molecule has 1 saturated heterocycles. The Morgan fingerprint density at radius 2 is 1.81 bits per heavy atom. The highest BCUT2D eigenvalue weighted by Crippen LogP contribution is 2.37. The lowest BCUT2D eigenvalue weighted by Crippen LogP contribution is -2.41. The maximum atomic E-state index is 13.1. The van der Waals surface area contributed by atoms with Crippen LogP contribution in [0.3, 0.4) is 0 Å². The number of aromatic nitrogens is 1. The summed E-state index contributed by atoms with van der Waals surface area (Å²) in [5.74, 6) is 2.29. The normalized spacial score (nSPS) is 18.5. The van der Waals surface area contributed by atoms with Crippen molar-refractivity contribution < 1.29 is 18.7 Å². The molecular formula is C21H26N2O4. The van der Waals surface area contributed by atoms with Gasteiger partial charge < -0.3 is 18.8 Å². The van der Waals surface area contributed by atoms with Crippen LogP contribution in [0, 0.1) is 0 Å². The number of nitrogens with zero attached hydrogens (tertiary/aromatic N) is 2. The van der Waals surface area contributed by atoms with Crippen molar-refractivity contribution in [2.24, 2.45) is 0 Å². The molecule has 1 saturated carbocycles. The molecule has 1 aromatic carbocycles. The highest BCUT2D eigenvalue weighted by atomic mass is 16.5. The largest absolute Gasteiger partial charge is 0.497 e. The van der Waals surface area contributed by atoms with Gasteiger partial charge in [-0.1, -0.05) is 19.3 Å². The molecule has 2 heterocycles. The molecule has 1 aliphatic carbocycles. The summed E-state index contributed by atoms with van der Waals surface area (Å²) in [5.41, 5.74) is 1.34. The molecule has 0 bridgehead atoms. The number of morpholine rings is 1. The number of carbonyl (C=O) groups excluding carboxylic acids is 1. The third-order valence-corrected chi connectivity index (χ3v) is 5.47. The lowest BCUT2D eigenvalue weighted by molar-refractivity contribution is 0.0297. The SMILES string of the molecule is COc1ccc(-c2nc(C(=O)N3CCOCC3)c(C3CCCCC3)o2)cc1. The minimum Gasteiger partial charge on any atom is -0.497 e. The Bertz CT molecular complexity index is 772. The third kappa shape index (κ3) is 3.86. The lowest BCUT2D eigenvalue weighted by Gasteiger charge is -2.27. The zero-order valence-corrected chi connectivity index (χ0v) is 15.8. The molecule has 6 nitrogen and oxygen atoms in total. The maximum Gasteiger partial charge on any atom is 0.276 e. The summed E-state index contributed by atoms with van der Waals surface area (Å²) < 4.78 is 16.8. The molecule has 4 rings (SSSR count). The van der Waals surface area contributed by atoms with Crippen LogP contribution in [0.4, 0.5) is 0 Å². The molecule has 27 heavy (non-hydrogen) atoms. The van der Waals surface area contributed by atoms with Crippen LogP contribution in [0.5, 0.6) is 5.75 Å². The first kappa shape index (κ1) is 18.0. The topological polar surface area (TPSA) is 64.8 Å². The monoisotopic (exact) mass is 370 g/mol. The molecule has 1 amide bonds. The van der Waals surface area contributed by atoms with Gasteiger partial charge in [-0.2, -0.15) is 0 Å². The number of hydrogen-bond acceptors (Lipinski definition) is 5. The minimum atomic E-state index is -0.0395. The highest BCUT2D eigenvalue weighted by Gasteiger charge is 2.31. The third-order valence-electron chi connectivity index (χ3n) is 5.47. The molecule has 0 unspecified atom stereocenters. The molecule has 6 heteroatoms. The van der Waals surface area contributed by atoms with Crippen molar-refractivity contribution in [1.29, 1.82) is 0 Å². The van der Waals surface area contributed by atoms with E-state index in [2.05, 4.69) is 4.98 Å². The molecule has 144 valence electrons. The molecule has 2 fully saturated rings. The first-order valence-electron chi connectivity index (χ1n) is 9.78. The van der Waals surface area contributed by atoms with E-state index in [0.29, 0.717) is 37.9 Å². The van der Waals surface area contributed by atoms with Crippen molar-refractivity contribution >= 4 is 5.91 Å². The Morgan fingerprint density at radius 3 is 2.48 bits per heavy atom. The van der Waals surface area contributed by atoms with Gasteiger partial charge in [-0.15, -0.1) is 0 Å². The second-order valence-electron chi connectivity index (χ2n) is 7.20. The fourth-order valence-electron chi connectivity index (χ4n) is 3.90. The van der Waals surface area contributed by atoms with E-state index >= 15 is 0 Å². The molecular weight excluding hydrogens is 344 g/mol. The van der Waals surface area contributed by atoms with Crippen molar-refractivity contribution in [1.82, 2.24) is 9.88 Å². The molecule has 1 aromatic heterocycles. The fraction of sp³-hybridized carbons (Fsp3) is 0.524. The summed E-state index contributed by atoms with van der Waals surface area (Å²) in [4.78, 5) is 19.6. The van der Waals surface area contributed by atoms with Crippen molar-refractivity contribution in [2.75, 3.05) is 33.4 Å². The van der Waals surface area contributed by atoms with Crippen molar-refractivity contribution in [3.63, 3.8) is 0 Å². The Balaban J connectivity index is 1.68. The van der Waals surface area contributed by atoms with Crippen LogP contribution < -0.4 is 4.74 Å². The number of oxazole rings is 1. The Kier molecular flexibility index (Phi) is 5.43. The number of methoxy groups -OCH3 is 1. The predicted octanol–water partition coefficient (Wildman–Crippen LogP) is 3.87. The second kappa shape index (κ2) is 8.13. The van der Waals surface area contributed by atoms with Gasteiger partial charge >= 0.3 is 0 Å². The van der Waals surface area contributed by atoms with E-state index < -0.39 is 0 Å². The Morgan fingerprint density at radius 1 is 1.11 bits per heavy atom. The number of ether oxygens (including phenoxy) is 2. The highest BCUT2D eigenvalue weighted by molar-refractivity contribution is 5.94. The fourth-order valence-corrected chi connectivity index (χ4v) is 3.90. The van der Waals surface area contributed by atoms with Gasteiger partial charge in [-0.25, -0.2) is 4.98 Å². The first-order valence-corrected chi connectivity index (χ1v) is 9.78. The smallest absolute Gasteiger partial charge is 0.276 e. The predicted molar refractivity (Wildman–Crippen MR) is 101 cm³/mol. The Hall–Kier alpha value is -2.34. The average Bonchev–Trinajstić information content (AvgIpc) is 3.20. The van der Waals surface area contributed by atoms with Crippen LogP contribution in [0.1, 0.15) is 54.3 Å². The van der Waals surface area contributed by atoms with Gasteiger partial charge in [0.2, 0.25) is 5.89 Å². The summed E-state index contributed by atoms with van der Waals surface area (Å²) in [7, 11) is 1.64. The van der Waals surface area contributed by atoms with Crippen LogP contribution >= 0.6 is 0 Å². The summed E-state index contributed by atoms with van der Waals surface area (Å²) in [6.45, 7) is 2.36. The molecule has 0 radical (unpaired) electrons.